The maximum atomic E-state index is 5.17. The van der Waals surface area contributed by atoms with Crippen LogP contribution in [0.1, 0.15) is 64.2 Å². The monoisotopic (exact) mass is 190 g/mol. The number of hydrogen-bond acceptors (Lipinski definition) is 0. The van der Waals surface area contributed by atoms with Crippen LogP contribution in [-0.2, 0) is 0 Å². The van der Waals surface area contributed by atoms with E-state index in [9.17, 15) is 0 Å². The summed E-state index contributed by atoms with van der Waals surface area (Å²) < 4.78 is 0. The lowest BCUT2D eigenvalue weighted by Crippen LogP contribution is -1.80. The van der Waals surface area contributed by atoms with E-state index in [0.717, 1.165) is 12.8 Å². The van der Waals surface area contributed by atoms with Gasteiger partial charge in [0, 0.05) is 12.8 Å². The third-order valence-electron chi connectivity index (χ3n) is 2.39. The predicted octanol–water partition coefficient (Wildman–Crippen LogP) is 4.15. The van der Waals surface area contributed by atoms with Crippen LogP contribution in [0.5, 0.6) is 0 Å². The highest BCUT2D eigenvalue weighted by Crippen LogP contribution is 2.09. The van der Waals surface area contributed by atoms with E-state index >= 15 is 0 Å². The molecule has 0 spiro atoms. The Bertz CT molecular complexity index is 155. The second kappa shape index (κ2) is 12.1. The van der Waals surface area contributed by atoms with Gasteiger partial charge >= 0.3 is 0 Å². The van der Waals surface area contributed by atoms with Crippen LogP contribution >= 0.6 is 0 Å². The average molecular weight is 190 g/mol. The summed E-state index contributed by atoms with van der Waals surface area (Å²) in [4.78, 5) is 0. The van der Waals surface area contributed by atoms with Gasteiger partial charge in [0.2, 0.25) is 0 Å². The molecule has 0 nitrogen and oxygen atoms in total. The normalized spacial score (nSPS) is 9.29. The van der Waals surface area contributed by atoms with Gasteiger partial charge in [-0.3, -0.25) is 0 Å². The highest BCUT2D eigenvalue weighted by molar-refractivity contribution is 4.83. The largest absolute Gasteiger partial charge is 0.120 e. The van der Waals surface area contributed by atoms with Crippen molar-refractivity contribution in [2.75, 3.05) is 0 Å². The molecule has 0 aliphatic carbocycles. The van der Waals surface area contributed by atoms with E-state index < -0.39 is 0 Å². The minimum Gasteiger partial charge on any atom is -0.120 e. The van der Waals surface area contributed by atoms with E-state index in [0.29, 0.717) is 0 Å². The van der Waals surface area contributed by atoms with Crippen molar-refractivity contribution in [3.63, 3.8) is 0 Å². The quantitative estimate of drug-likeness (QED) is 0.378. The highest BCUT2D eigenvalue weighted by atomic mass is 14.0. The fourth-order valence-electron chi connectivity index (χ4n) is 1.51. The molecule has 0 radical (unpaired) electrons. The lowest BCUT2D eigenvalue weighted by atomic mass is 10.1. The van der Waals surface area contributed by atoms with Crippen LogP contribution in [0.4, 0.5) is 0 Å². The van der Waals surface area contributed by atoms with Gasteiger partial charge in [-0.05, 0) is 12.8 Å². The molecule has 14 heavy (non-hydrogen) atoms. The smallest absolute Gasteiger partial charge is 0.00860 e. The highest BCUT2D eigenvalue weighted by Gasteiger charge is 1.91. The molecule has 0 atom stereocenters. The second-order valence-corrected chi connectivity index (χ2v) is 3.74. The molecular formula is C14H22. The number of rotatable bonds is 9. The molecule has 0 heterocycles. The molecule has 0 rings (SSSR count). The van der Waals surface area contributed by atoms with Crippen molar-refractivity contribution >= 4 is 0 Å². The van der Waals surface area contributed by atoms with Crippen LogP contribution in [0.15, 0.2) is 0 Å². The van der Waals surface area contributed by atoms with Gasteiger partial charge in [-0.2, -0.15) is 0 Å². The maximum absolute atomic E-state index is 5.17. The Morgan fingerprint density at radius 1 is 0.500 bits per heavy atom. The fourth-order valence-corrected chi connectivity index (χ4v) is 1.51. The molecular weight excluding hydrogens is 168 g/mol. The Morgan fingerprint density at radius 3 is 1.07 bits per heavy atom. The second-order valence-electron chi connectivity index (χ2n) is 3.74. The van der Waals surface area contributed by atoms with Crippen LogP contribution in [0.2, 0.25) is 0 Å². The van der Waals surface area contributed by atoms with Crippen LogP contribution in [-0.4, -0.2) is 0 Å². The molecule has 0 aliphatic rings. The summed E-state index contributed by atoms with van der Waals surface area (Å²) in [5, 5.41) is 0. The Balaban J connectivity index is 2.86. The molecule has 0 aliphatic heterocycles. The van der Waals surface area contributed by atoms with E-state index in [4.69, 9.17) is 12.8 Å². The third-order valence-corrected chi connectivity index (χ3v) is 2.39. The van der Waals surface area contributed by atoms with Crippen molar-refractivity contribution in [3.8, 4) is 24.7 Å². The lowest BCUT2D eigenvalue weighted by Gasteiger charge is -1.99. The summed E-state index contributed by atoms with van der Waals surface area (Å²) in [6.45, 7) is 0. The molecule has 0 saturated carbocycles. The van der Waals surface area contributed by atoms with Crippen molar-refractivity contribution in [2.24, 2.45) is 0 Å². The Hall–Kier alpha value is -0.880. The first-order chi connectivity index (χ1) is 6.91. The molecule has 0 unspecified atom stereocenters. The van der Waals surface area contributed by atoms with Crippen LogP contribution in [0.25, 0.3) is 0 Å². The van der Waals surface area contributed by atoms with Crippen molar-refractivity contribution < 1.29 is 0 Å². The molecule has 78 valence electrons. The lowest BCUT2D eigenvalue weighted by molar-refractivity contribution is 0.574. The van der Waals surface area contributed by atoms with E-state index in [-0.39, 0.29) is 0 Å². The predicted molar refractivity (Wildman–Crippen MR) is 63.8 cm³/mol. The summed E-state index contributed by atoms with van der Waals surface area (Å²) >= 11 is 0. The first kappa shape index (κ1) is 13.1. The van der Waals surface area contributed by atoms with E-state index in [1.54, 1.807) is 0 Å². The van der Waals surface area contributed by atoms with Gasteiger partial charge in [-0.1, -0.05) is 38.5 Å². The molecule has 0 amide bonds. The number of terminal acetylenes is 2. The topological polar surface area (TPSA) is 0 Å². The molecule has 0 heteroatoms. The van der Waals surface area contributed by atoms with Crippen LogP contribution in [0, 0.1) is 24.7 Å². The number of unbranched alkanes of at least 4 members (excludes halogenated alkanes) is 9. The van der Waals surface area contributed by atoms with Gasteiger partial charge in [-0.25, -0.2) is 0 Å². The number of hydrogen-bond donors (Lipinski definition) is 0. The summed E-state index contributed by atoms with van der Waals surface area (Å²) in [5.74, 6) is 5.35. The van der Waals surface area contributed by atoms with E-state index in [1.165, 1.54) is 51.4 Å². The van der Waals surface area contributed by atoms with Crippen molar-refractivity contribution in [3.05, 3.63) is 0 Å². The molecule has 0 N–H and O–H groups in total. The Morgan fingerprint density at radius 2 is 0.786 bits per heavy atom. The zero-order valence-electron chi connectivity index (χ0n) is 9.23. The van der Waals surface area contributed by atoms with E-state index in [2.05, 4.69) is 11.8 Å². The first-order valence-corrected chi connectivity index (χ1v) is 5.78. The minimum absolute atomic E-state index is 0.947. The molecule has 0 aromatic rings. The van der Waals surface area contributed by atoms with Crippen molar-refractivity contribution in [1.29, 1.82) is 0 Å². The molecule has 0 aromatic carbocycles. The molecule has 0 aromatic heterocycles. The molecule has 0 saturated heterocycles. The summed E-state index contributed by atoms with van der Waals surface area (Å²) in [7, 11) is 0. The average Bonchev–Trinajstić information content (AvgIpc) is 2.21. The van der Waals surface area contributed by atoms with Crippen molar-refractivity contribution in [1.82, 2.24) is 0 Å². The molecule has 0 fully saturated rings. The van der Waals surface area contributed by atoms with Crippen molar-refractivity contribution in [2.45, 2.75) is 64.2 Å². The Kier molecular flexibility index (Phi) is 11.4. The minimum atomic E-state index is 0.947. The van der Waals surface area contributed by atoms with Gasteiger partial charge in [-0.15, -0.1) is 24.7 Å². The maximum Gasteiger partial charge on any atom is 0.00860 e. The summed E-state index contributed by atoms with van der Waals surface area (Å²) in [6, 6.07) is 0. The Labute approximate surface area is 89.5 Å². The van der Waals surface area contributed by atoms with Gasteiger partial charge < -0.3 is 0 Å². The van der Waals surface area contributed by atoms with Crippen LogP contribution in [0.3, 0.4) is 0 Å². The van der Waals surface area contributed by atoms with Crippen LogP contribution < -0.4 is 0 Å². The van der Waals surface area contributed by atoms with Gasteiger partial charge in [0.25, 0.3) is 0 Å². The summed E-state index contributed by atoms with van der Waals surface area (Å²) in [5.41, 5.74) is 0. The fraction of sp³-hybridized carbons (Fsp3) is 0.714. The standard InChI is InChI=1S/C14H22/c1-3-5-7-9-11-13-14-12-10-8-6-4-2/h1-2H,5-14H2. The first-order valence-electron chi connectivity index (χ1n) is 5.78. The van der Waals surface area contributed by atoms with Gasteiger partial charge in [0.15, 0.2) is 0 Å². The third kappa shape index (κ3) is 11.1. The van der Waals surface area contributed by atoms with E-state index in [1.807, 2.05) is 0 Å². The van der Waals surface area contributed by atoms with Gasteiger partial charge in [0.1, 0.15) is 0 Å². The van der Waals surface area contributed by atoms with Gasteiger partial charge in [0.05, 0.1) is 0 Å². The summed E-state index contributed by atoms with van der Waals surface area (Å²) in [6.07, 6.45) is 22.7. The molecule has 0 bridgehead atoms. The SMILES string of the molecule is C#CCCCCCCCCCCC#C. The zero-order chi connectivity index (χ0) is 10.5. The zero-order valence-corrected chi connectivity index (χ0v) is 9.23.